The number of Topliss-reactive ketones (excluding diaryl/α,β-unsaturated/α-hetero) is 1. The fourth-order valence-corrected chi connectivity index (χ4v) is 1.37. The molecule has 0 amide bonds. The predicted octanol–water partition coefficient (Wildman–Crippen LogP) is 0.432. The Morgan fingerprint density at radius 3 is 2.33 bits per heavy atom. The Bertz CT molecular complexity index is 327. The van der Waals surface area contributed by atoms with Crippen molar-refractivity contribution in [1.29, 1.82) is 0 Å². The van der Waals surface area contributed by atoms with Gasteiger partial charge in [0.05, 0.1) is 0 Å². The summed E-state index contributed by atoms with van der Waals surface area (Å²) in [4.78, 5) is 11.4. The van der Waals surface area contributed by atoms with Crippen LogP contribution in [0.4, 0.5) is 0 Å². The highest BCUT2D eigenvalue weighted by atomic mass is 16.6. The smallest absolute Gasteiger partial charge is 0.304 e. The summed E-state index contributed by atoms with van der Waals surface area (Å²) < 4.78 is 5.81. The number of carbonyl (C=O) groups is 1. The molecule has 15 heavy (non-hydrogen) atoms. The number of aliphatic hydroxyl groups is 1. The summed E-state index contributed by atoms with van der Waals surface area (Å²) in [5.41, 5.74) is -3.91. The van der Waals surface area contributed by atoms with Crippen molar-refractivity contribution in [2.75, 3.05) is 0 Å². The molecule has 0 radical (unpaired) electrons. The molecular weight excluding hydrogens is 198 g/mol. The highest BCUT2D eigenvalue weighted by Gasteiger charge is 2.57. The van der Waals surface area contributed by atoms with Gasteiger partial charge in [0.25, 0.3) is 5.78 Å². The number of ether oxygens (including phenoxy) is 1. The van der Waals surface area contributed by atoms with E-state index < -0.39 is 22.7 Å². The van der Waals surface area contributed by atoms with Gasteiger partial charge in [0.1, 0.15) is 5.60 Å². The van der Waals surface area contributed by atoms with Crippen molar-refractivity contribution < 1.29 is 19.4 Å². The van der Waals surface area contributed by atoms with Gasteiger partial charge in [-0.15, -0.1) is 0 Å². The summed E-state index contributed by atoms with van der Waals surface area (Å²) in [6, 6.07) is 0. The van der Waals surface area contributed by atoms with E-state index in [1.807, 2.05) is 0 Å². The van der Waals surface area contributed by atoms with Gasteiger partial charge >= 0.3 is 5.72 Å². The summed E-state index contributed by atoms with van der Waals surface area (Å²) in [5, 5.41) is 21.5. The summed E-state index contributed by atoms with van der Waals surface area (Å²) in [6.45, 7) is 7.55. The van der Waals surface area contributed by atoms with E-state index in [2.05, 4.69) is 0 Å². The van der Waals surface area contributed by atoms with Gasteiger partial charge in [0.15, 0.2) is 5.60 Å². The zero-order valence-electron chi connectivity index (χ0n) is 9.70. The highest BCUT2D eigenvalue weighted by Crippen LogP contribution is 2.33. The maximum Gasteiger partial charge on any atom is 0.304 e. The van der Waals surface area contributed by atoms with Crippen molar-refractivity contribution in [2.45, 2.75) is 51.5 Å². The van der Waals surface area contributed by atoms with E-state index >= 15 is 0 Å². The van der Waals surface area contributed by atoms with E-state index in [0.717, 1.165) is 6.21 Å². The van der Waals surface area contributed by atoms with Crippen molar-refractivity contribution in [2.24, 2.45) is 0 Å². The van der Waals surface area contributed by atoms with Crippen molar-refractivity contribution in [3.63, 3.8) is 0 Å². The molecule has 0 aromatic rings. The number of hydroxylamine groups is 1. The Balaban J connectivity index is 3.25. The lowest BCUT2D eigenvalue weighted by molar-refractivity contribution is -0.640. The predicted molar refractivity (Wildman–Crippen MR) is 54.6 cm³/mol. The van der Waals surface area contributed by atoms with Crippen LogP contribution in [-0.4, -0.2) is 38.8 Å². The lowest BCUT2D eigenvalue weighted by atomic mass is 9.91. The molecule has 86 valence electrons. The Kier molecular flexibility index (Phi) is 2.45. The zero-order valence-corrected chi connectivity index (χ0v) is 9.70. The van der Waals surface area contributed by atoms with Gasteiger partial charge in [-0.05, 0) is 27.7 Å². The zero-order chi connectivity index (χ0) is 12.1. The van der Waals surface area contributed by atoms with Crippen LogP contribution in [0.3, 0.4) is 0 Å². The topological polar surface area (TPSA) is 72.6 Å². The van der Waals surface area contributed by atoms with Crippen LogP contribution in [0.1, 0.15) is 34.6 Å². The molecule has 1 aliphatic heterocycles. The summed E-state index contributed by atoms with van der Waals surface area (Å²) in [5.74, 6) is -0.403. The Morgan fingerprint density at radius 1 is 1.47 bits per heavy atom. The molecule has 1 N–H and O–H groups in total. The molecule has 1 heterocycles. The quantitative estimate of drug-likeness (QED) is 0.508. The van der Waals surface area contributed by atoms with Gasteiger partial charge in [-0.3, -0.25) is 4.79 Å². The van der Waals surface area contributed by atoms with Crippen LogP contribution < -0.4 is 0 Å². The molecule has 0 saturated carbocycles. The average Bonchev–Trinajstić information content (AvgIpc) is 1.98. The molecule has 0 aliphatic carbocycles. The van der Waals surface area contributed by atoms with E-state index in [9.17, 15) is 15.1 Å². The van der Waals surface area contributed by atoms with Gasteiger partial charge in [-0.25, -0.2) is 0 Å². The maximum absolute atomic E-state index is 11.6. The highest BCUT2D eigenvalue weighted by molar-refractivity contribution is 6.29. The van der Waals surface area contributed by atoms with Gasteiger partial charge in [-0.2, -0.15) is 4.74 Å². The molecule has 0 fully saturated rings. The molecule has 0 aromatic heterocycles. The molecule has 5 nitrogen and oxygen atoms in total. The first kappa shape index (κ1) is 12.1. The second-order valence-electron chi connectivity index (χ2n) is 4.97. The minimum atomic E-state index is -1.45. The monoisotopic (exact) mass is 215 g/mol. The van der Waals surface area contributed by atoms with Gasteiger partial charge < -0.3 is 15.1 Å². The lowest BCUT2D eigenvalue weighted by Crippen LogP contribution is -2.64. The summed E-state index contributed by atoms with van der Waals surface area (Å²) >= 11 is 0. The average molecular weight is 215 g/mol. The first-order chi connectivity index (χ1) is 6.51. The fourth-order valence-electron chi connectivity index (χ4n) is 1.37. The first-order valence-electron chi connectivity index (χ1n) is 4.79. The van der Waals surface area contributed by atoms with Crippen molar-refractivity contribution in [1.82, 2.24) is 0 Å². The van der Waals surface area contributed by atoms with Crippen molar-refractivity contribution in [3.8, 4) is 0 Å². The number of ketones is 1. The van der Waals surface area contributed by atoms with Crippen LogP contribution in [0, 0.1) is 5.21 Å². The minimum Gasteiger partial charge on any atom is -0.621 e. The normalized spacial score (nSPS) is 31.3. The van der Waals surface area contributed by atoms with E-state index in [1.54, 1.807) is 13.8 Å². The molecule has 1 atom stereocenters. The van der Waals surface area contributed by atoms with Gasteiger partial charge in [-0.1, -0.05) is 0 Å². The number of hydrogen-bond donors (Lipinski definition) is 1. The summed E-state index contributed by atoms with van der Waals surface area (Å²) in [6.07, 6.45) is 0.932. The van der Waals surface area contributed by atoms with E-state index in [1.165, 1.54) is 20.8 Å². The summed E-state index contributed by atoms with van der Waals surface area (Å²) in [7, 11) is 0. The van der Waals surface area contributed by atoms with Crippen LogP contribution in [0.2, 0.25) is 0 Å². The lowest BCUT2D eigenvalue weighted by Gasteiger charge is -2.43. The minimum absolute atomic E-state index is 0.376. The first-order valence-corrected chi connectivity index (χ1v) is 4.79. The van der Waals surface area contributed by atoms with E-state index in [4.69, 9.17) is 4.74 Å². The Morgan fingerprint density at radius 2 is 1.93 bits per heavy atom. The standard InChI is InChI=1S/C10H17NO4/c1-8(2)7(12)6-11(14)10(5,15-8)9(3,4)13/h6,13H,1-5H3. The maximum atomic E-state index is 11.6. The van der Waals surface area contributed by atoms with Crippen LogP contribution >= 0.6 is 0 Å². The number of nitrogens with zero attached hydrogens (tertiary/aromatic N) is 1. The molecular formula is C10H17NO4. The van der Waals surface area contributed by atoms with Gasteiger partial charge in [0.2, 0.25) is 6.21 Å². The third kappa shape index (κ3) is 1.77. The van der Waals surface area contributed by atoms with Crippen LogP contribution in [0.15, 0.2) is 0 Å². The van der Waals surface area contributed by atoms with Crippen molar-refractivity contribution >= 4 is 12.0 Å². The van der Waals surface area contributed by atoms with Gasteiger partial charge in [0, 0.05) is 6.92 Å². The Labute approximate surface area is 88.9 Å². The van der Waals surface area contributed by atoms with Crippen LogP contribution in [-0.2, 0) is 9.53 Å². The number of hydrogen-bond acceptors (Lipinski definition) is 4. The van der Waals surface area contributed by atoms with E-state index in [-0.39, 0.29) is 0 Å². The molecule has 0 saturated heterocycles. The third-order valence-corrected chi connectivity index (χ3v) is 2.84. The molecule has 1 aliphatic rings. The molecule has 0 bridgehead atoms. The number of rotatable bonds is 1. The van der Waals surface area contributed by atoms with Crippen LogP contribution in [0.25, 0.3) is 0 Å². The SMILES string of the molecule is CC1(C)OC(C)(C(C)(C)O)[N+]([O-])=CC1=O. The molecule has 0 aromatic carbocycles. The molecule has 5 heteroatoms. The van der Waals surface area contributed by atoms with E-state index in [0.29, 0.717) is 4.74 Å². The fraction of sp³-hybridized carbons (Fsp3) is 0.800. The third-order valence-electron chi connectivity index (χ3n) is 2.84. The molecule has 1 unspecified atom stereocenters. The second-order valence-corrected chi connectivity index (χ2v) is 4.97. The largest absolute Gasteiger partial charge is 0.621 e. The van der Waals surface area contributed by atoms with Crippen molar-refractivity contribution in [3.05, 3.63) is 5.21 Å². The number of carbonyl (C=O) groups excluding carboxylic acids is 1. The molecule has 1 rings (SSSR count). The second kappa shape index (κ2) is 3.02. The molecule has 0 spiro atoms. The Hall–Kier alpha value is -0.940. The van der Waals surface area contributed by atoms with Crippen LogP contribution in [0.5, 0.6) is 0 Å².